The van der Waals surface area contributed by atoms with Gasteiger partial charge in [-0.25, -0.2) is 0 Å². The van der Waals surface area contributed by atoms with Gasteiger partial charge in [0.2, 0.25) is 0 Å². The van der Waals surface area contributed by atoms with Crippen LogP contribution in [0.2, 0.25) is 5.02 Å². The Bertz CT molecular complexity index is 522. The van der Waals surface area contributed by atoms with Crippen molar-refractivity contribution in [3.05, 3.63) is 34.9 Å². The molecule has 1 aromatic heterocycles. The maximum absolute atomic E-state index is 6.11. The fraction of sp³-hybridized carbons (Fsp3) is 0.167. The fourth-order valence-corrected chi connectivity index (χ4v) is 2.67. The van der Waals surface area contributed by atoms with Gasteiger partial charge in [0.1, 0.15) is 5.75 Å². The van der Waals surface area contributed by atoms with Crippen molar-refractivity contribution in [2.45, 2.75) is 6.92 Å². The van der Waals surface area contributed by atoms with Gasteiger partial charge in [-0.05, 0) is 42.3 Å². The van der Waals surface area contributed by atoms with Crippen LogP contribution in [-0.2, 0) is 0 Å². The molecule has 0 radical (unpaired) electrons. The average Bonchev–Trinajstić information content (AvgIpc) is 2.67. The number of hydrogen-bond acceptors (Lipinski definition) is 3. The molecule has 0 bridgehead atoms. The van der Waals surface area contributed by atoms with E-state index in [1.54, 1.807) is 18.4 Å². The molecule has 2 N–H and O–H groups in total. The zero-order valence-corrected chi connectivity index (χ0v) is 10.7. The van der Waals surface area contributed by atoms with E-state index < -0.39 is 0 Å². The van der Waals surface area contributed by atoms with Crippen LogP contribution in [0.3, 0.4) is 0 Å². The molecule has 0 unspecified atom stereocenters. The first-order valence-corrected chi connectivity index (χ1v) is 6.01. The molecule has 0 aliphatic heterocycles. The Balaban J connectivity index is 2.54. The third-order valence-electron chi connectivity index (χ3n) is 2.39. The average molecular weight is 254 g/mol. The van der Waals surface area contributed by atoms with E-state index in [9.17, 15) is 0 Å². The highest BCUT2D eigenvalue weighted by Gasteiger charge is 2.09. The lowest BCUT2D eigenvalue weighted by Gasteiger charge is -2.08. The number of halogens is 1. The van der Waals surface area contributed by atoms with Gasteiger partial charge in [-0.15, -0.1) is 11.3 Å². The summed E-state index contributed by atoms with van der Waals surface area (Å²) in [6.07, 6.45) is 0. The first-order valence-electron chi connectivity index (χ1n) is 4.81. The third-order valence-corrected chi connectivity index (χ3v) is 3.63. The number of nitrogens with two attached hydrogens (primary N) is 1. The third kappa shape index (κ3) is 2.01. The summed E-state index contributed by atoms with van der Waals surface area (Å²) in [5.74, 6) is 0.701. The molecule has 2 rings (SSSR count). The molecule has 0 saturated carbocycles. The Labute approximate surface area is 104 Å². The molecule has 0 saturated heterocycles. The minimum atomic E-state index is 0.620. The van der Waals surface area contributed by atoms with Crippen LogP contribution in [0.5, 0.6) is 5.75 Å². The Morgan fingerprint density at radius 2 is 2.06 bits per heavy atom. The van der Waals surface area contributed by atoms with Crippen LogP contribution in [-0.4, -0.2) is 7.11 Å². The summed E-state index contributed by atoms with van der Waals surface area (Å²) in [6, 6.07) is 7.76. The second kappa shape index (κ2) is 4.36. The second-order valence-electron chi connectivity index (χ2n) is 3.50. The van der Waals surface area contributed by atoms with Gasteiger partial charge >= 0.3 is 0 Å². The first kappa shape index (κ1) is 11.3. The van der Waals surface area contributed by atoms with Crippen molar-refractivity contribution in [2.75, 3.05) is 12.8 Å². The molecule has 1 aromatic carbocycles. The van der Waals surface area contributed by atoms with Crippen molar-refractivity contribution in [3.63, 3.8) is 0 Å². The molecule has 84 valence electrons. The van der Waals surface area contributed by atoms with Crippen molar-refractivity contribution >= 4 is 27.9 Å². The summed E-state index contributed by atoms with van der Waals surface area (Å²) < 4.78 is 5.17. The summed E-state index contributed by atoms with van der Waals surface area (Å²) in [6.45, 7) is 2.03. The van der Waals surface area contributed by atoms with Crippen LogP contribution >= 0.6 is 22.9 Å². The van der Waals surface area contributed by atoms with Gasteiger partial charge in [-0.3, -0.25) is 0 Å². The Kier molecular flexibility index (Phi) is 3.08. The van der Waals surface area contributed by atoms with Crippen molar-refractivity contribution in [2.24, 2.45) is 0 Å². The number of rotatable bonds is 2. The second-order valence-corrected chi connectivity index (χ2v) is 5.03. The van der Waals surface area contributed by atoms with Crippen LogP contribution in [0.15, 0.2) is 24.3 Å². The molecular weight excluding hydrogens is 242 g/mol. The number of nitrogen functional groups attached to an aromatic ring is 1. The topological polar surface area (TPSA) is 35.2 Å². The summed E-state index contributed by atoms with van der Waals surface area (Å²) in [5.41, 5.74) is 7.95. The van der Waals surface area contributed by atoms with Gasteiger partial charge in [-0.1, -0.05) is 11.6 Å². The number of thiophene rings is 1. The van der Waals surface area contributed by atoms with Gasteiger partial charge in [0.15, 0.2) is 0 Å². The number of aryl methyl sites for hydroxylation is 1. The number of hydrogen-bond donors (Lipinski definition) is 1. The van der Waals surface area contributed by atoms with Gasteiger partial charge in [-0.2, -0.15) is 0 Å². The maximum atomic E-state index is 6.11. The SMILES string of the molecule is COc1cc(C)c(-c2ccc(N)s2)cc1Cl. The van der Waals surface area contributed by atoms with Crippen molar-refractivity contribution < 1.29 is 4.74 Å². The molecule has 0 aliphatic carbocycles. The van der Waals surface area contributed by atoms with Crippen LogP contribution in [0.25, 0.3) is 10.4 Å². The number of ether oxygens (including phenoxy) is 1. The lowest BCUT2D eigenvalue weighted by Crippen LogP contribution is -1.87. The Hall–Kier alpha value is -1.19. The van der Waals surface area contributed by atoms with Gasteiger partial charge in [0.05, 0.1) is 17.1 Å². The van der Waals surface area contributed by atoms with Crippen LogP contribution in [0.1, 0.15) is 5.56 Å². The van der Waals surface area contributed by atoms with E-state index >= 15 is 0 Å². The molecule has 16 heavy (non-hydrogen) atoms. The molecule has 0 spiro atoms. The van der Waals surface area contributed by atoms with E-state index in [2.05, 4.69) is 0 Å². The highest BCUT2D eigenvalue weighted by Crippen LogP contribution is 2.37. The van der Waals surface area contributed by atoms with Crippen LogP contribution in [0.4, 0.5) is 5.00 Å². The fourth-order valence-electron chi connectivity index (χ4n) is 1.57. The molecule has 4 heteroatoms. The number of anilines is 1. The quantitative estimate of drug-likeness (QED) is 0.879. The van der Waals surface area contributed by atoms with E-state index in [0.29, 0.717) is 10.8 Å². The van der Waals surface area contributed by atoms with Crippen molar-refractivity contribution in [1.82, 2.24) is 0 Å². The first-order chi connectivity index (χ1) is 7.61. The summed E-state index contributed by atoms with van der Waals surface area (Å²) in [5, 5.41) is 1.43. The van der Waals surface area contributed by atoms with E-state index in [-0.39, 0.29) is 0 Å². The molecule has 0 amide bonds. The van der Waals surface area contributed by atoms with Crippen molar-refractivity contribution in [1.29, 1.82) is 0 Å². The van der Waals surface area contributed by atoms with E-state index in [1.165, 1.54) is 0 Å². The zero-order chi connectivity index (χ0) is 11.7. The summed E-state index contributed by atoms with van der Waals surface area (Å²) >= 11 is 7.66. The minimum absolute atomic E-state index is 0.620. The predicted molar refractivity (Wildman–Crippen MR) is 70.5 cm³/mol. The normalized spacial score (nSPS) is 10.4. The van der Waals surface area contributed by atoms with E-state index in [4.69, 9.17) is 22.1 Å². The minimum Gasteiger partial charge on any atom is -0.495 e. The Morgan fingerprint density at radius 1 is 1.31 bits per heavy atom. The summed E-state index contributed by atoms with van der Waals surface area (Å²) in [7, 11) is 1.61. The number of benzene rings is 1. The Morgan fingerprint density at radius 3 is 2.62 bits per heavy atom. The van der Waals surface area contributed by atoms with Crippen molar-refractivity contribution in [3.8, 4) is 16.2 Å². The van der Waals surface area contributed by atoms with E-state index in [0.717, 1.165) is 21.0 Å². The molecule has 2 nitrogen and oxygen atoms in total. The number of methoxy groups -OCH3 is 1. The highest BCUT2D eigenvalue weighted by molar-refractivity contribution is 7.19. The lowest BCUT2D eigenvalue weighted by molar-refractivity contribution is 0.415. The smallest absolute Gasteiger partial charge is 0.137 e. The molecule has 2 aromatic rings. The van der Waals surface area contributed by atoms with Gasteiger partial charge in [0, 0.05) is 4.88 Å². The largest absolute Gasteiger partial charge is 0.495 e. The van der Waals surface area contributed by atoms with Gasteiger partial charge < -0.3 is 10.5 Å². The van der Waals surface area contributed by atoms with Gasteiger partial charge in [0.25, 0.3) is 0 Å². The monoisotopic (exact) mass is 253 g/mol. The standard InChI is InChI=1S/C12H12ClNOS/c1-7-5-10(15-2)9(13)6-8(7)11-3-4-12(14)16-11/h3-6H,14H2,1-2H3. The zero-order valence-electron chi connectivity index (χ0n) is 9.08. The molecule has 0 fully saturated rings. The maximum Gasteiger partial charge on any atom is 0.137 e. The van der Waals surface area contributed by atoms with Crippen LogP contribution < -0.4 is 10.5 Å². The molecule has 0 aliphatic rings. The van der Waals surface area contributed by atoms with Crippen LogP contribution in [0, 0.1) is 6.92 Å². The molecular formula is C12H12ClNOS. The molecule has 1 heterocycles. The summed E-state index contributed by atoms with van der Waals surface area (Å²) in [4.78, 5) is 1.12. The van der Waals surface area contributed by atoms with E-state index in [1.807, 2.05) is 31.2 Å². The highest BCUT2D eigenvalue weighted by atomic mass is 35.5. The molecule has 0 atom stereocenters. The lowest BCUT2D eigenvalue weighted by atomic mass is 10.1. The predicted octanol–water partition coefficient (Wildman–Crippen LogP) is 3.97.